The van der Waals surface area contributed by atoms with E-state index in [0.29, 0.717) is 44.9 Å². The number of Topliss-reactive ketones (excluding diaryl/α,β-unsaturated/α-hetero) is 1. The average molecular weight is 493 g/mol. The van der Waals surface area contributed by atoms with Gasteiger partial charge in [0.1, 0.15) is 0 Å². The van der Waals surface area contributed by atoms with E-state index in [9.17, 15) is 14.3 Å². The number of aromatic nitrogens is 3. The van der Waals surface area contributed by atoms with E-state index in [1.165, 1.54) is 25.3 Å². The summed E-state index contributed by atoms with van der Waals surface area (Å²) in [6.45, 7) is 4.90. The number of anilines is 3. The van der Waals surface area contributed by atoms with Crippen molar-refractivity contribution in [1.82, 2.24) is 20.3 Å². The molecule has 0 atom stereocenters. The number of phenols is 1. The van der Waals surface area contributed by atoms with Gasteiger partial charge in [-0.3, -0.25) is 9.78 Å². The van der Waals surface area contributed by atoms with E-state index in [4.69, 9.17) is 11.6 Å². The first-order chi connectivity index (χ1) is 16.9. The van der Waals surface area contributed by atoms with Crippen LogP contribution in [0.15, 0.2) is 48.9 Å². The van der Waals surface area contributed by atoms with E-state index in [1.54, 1.807) is 30.6 Å². The lowest BCUT2D eigenvalue weighted by atomic mass is 10.00. The second-order valence-corrected chi connectivity index (χ2v) is 8.66. The van der Waals surface area contributed by atoms with Crippen molar-refractivity contribution in [2.24, 2.45) is 0 Å². The number of carbonyl (C=O) groups is 1. The highest BCUT2D eigenvalue weighted by atomic mass is 35.5. The Kier molecular flexibility index (Phi) is 6.19. The topological polar surface area (TPSA) is 103 Å². The molecule has 0 radical (unpaired) electrons. The largest absolute Gasteiger partial charge is 0.504 e. The van der Waals surface area contributed by atoms with Gasteiger partial charge in [0.25, 0.3) is 0 Å². The lowest BCUT2D eigenvalue weighted by Gasteiger charge is -2.27. The molecule has 10 heteroatoms. The lowest BCUT2D eigenvalue weighted by molar-refractivity contribution is 0.101. The third kappa shape index (κ3) is 4.60. The van der Waals surface area contributed by atoms with Gasteiger partial charge in [-0.1, -0.05) is 17.7 Å². The Morgan fingerprint density at radius 1 is 1.09 bits per heavy atom. The molecule has 3 heterocycles. The summed E-state index contributed by atoms with van der Waals surface area (Å²) in [4.78, 5) is 27.9. The van der Waals surface area contributed by atoms with Gasteiger partial charge in [0.05, 0.1) is 39.9 Å². The maximum absolute atomic E-state index is 14.1. The van der Waals surface area contributed by atoms with E-state index in [0.717, 1.165) is 26.2 Å². The number of piperazine rings is 1. The van der Waals surface area contributed by atoms with Crippen LogP contribution in [-0.4, -0.2) is 52.0 Å². The monoisotopic (exact) mass is 492 g/mol. The van der Waals surface area contributed by atoms with Crippen LogP contribution in [-0.2, 0) is 0 Å². The summed E-state index contributed by atoms with van der Waals surface area (Å²) in [5.41, 5.74) is 3.33. The molecular formula is C25H22ClFN6O2. The van der Waals surface area contributed by atoms with Crippen LogP contribution < -0.4 is 15.5 Å². The molecule has 1 fully saturated rings. The third-order valence-corrected chi connectivity index (χ3v) is 6.19. The highest BCUT2D eigenvalue weighted by Crippen LogP contribution is 2.36. The quantitative estimate of drug-likeness (QED) is 0.349. The number of nitrogens with zero attached hydrogens (tertiary/aromatic N) is 4. The Bertz CT molecular complexity index is 1400. The van der Waals surface area contributed by atoms with Crippen LogP contribution in [0.4, 0.5) is 21.7 Å². The molecule has 1 aliphatic rings. The highest BCUT2D eigenvalue weighted by Gasteiger charge is 2.17. The van der Waals surface area contributed by atoms with Gasteiger partial charge < -0.3 is 20.6 Å². The second-order valence-electron chi connectivity index (χ2n) is 8.26. The molecular weight excluding hydrogens is 471 g/mol. The van der Waals surface area contributed by atoms with Crippen molar-refractivity contribution in [2.75, 3.05) is 36.4 Å². The SMILES string of the molecule is CC(=O)c1cnc2ccc(-c3cc(F)c(O)c(Cl)c3)cc2c1Nc1cnc(N2CCNCC2)nc1. The number of carbonyl (C=O) groups excluding carboxylic acids is 1. The molecule has 5 rings (SSSR count). The first kappa shape index (κ1) is 22.9. The van der Waals surface area contributed by atoms with Gasteiger partial charge in [0.15, 0.2) is 17.3 Å². The number of halogens is 2. The second kappa shape index (κ2) is 9.44. The molecule has 178 valence electrons. The Morgan fingerprint density at radius 2 is 1.83 bits per heavy atom. The summed E-state index contributed by atoms with van der Waals surface area (Å²) < 4.78 is 14.1. The molecule has 1 aliphatic heterocycles. The molecule has 0 bridgehead atoms. The van der Waals surface area contributed by atoms with Crippen molar-refractivity contribution in [1.29, 1.82) is 0 Å². The fraction of sp³-hybridized carbons (Fsp3) is 0.200. The predicted octanol–water partition coefficient (Wildman–Crippen LogP) is 4.55. The zero-order chi connectivity index (χ0) is 24.5. The van der Waals surface area contributed by atoms with Gasteiger partial charge in [0.2, 0.25) is 5.95 Å². The summed E-state index contributed by atoms with van der Waals surface area (Å²) in [5.74, 6) is -0.923. The molecule has 1 saturated heterocycles. The molecule has 0 amide bonds. The fourth-order valence-electron chi connectivity index (χ4n) is 4.06. The molecule has 35 heavy (non-hydrogen) atoms. The van der Waals surface area contributed by atoms with Crippen molar-refractivity contribution in [3.63, 3.8) is 0 Å². The number of hydrogen-bond donors (Lipinski definition) is 3. The zero-order valence-electron chi connectivity index (χ0n) is 18.8. The molecule has 3 N–H and O–H groups in total. The number of nitrogens with one attached hydrogen (secondary N) is 2. The van der Waals surface area contributed by atoms with Crippen molar-refractivity contribution < 1.29 is 14.3 Å². The maximum atomic E-state index is 14.1. The van der Waals surface area contributed by atoms with Gasteiger partial charge >= 0.3 is 0 Å². The van der Waals surface area contributed by atoms with Crippen LogP contribution in [0.1, 0.15) is 17.3 Å². The van der Waals surface area contributed by atoms with Gasteiger partial charge in [-0.25, -0.2) is 14.4 Å². The normalized spacial score (nSPS) is 13.7. The van der Waals surface area contributed by atoms with Crippen molar-refractivity contribution >= 4 is 45.6 Å². The molecule has 0 aliphatic carbocycles. The molecule has 4 aromatic rings. The predicted molar refractivity (Wildman–Crippen MR) is 134 cm³/mol. The van der Waals surface area contributed by atoms with Crippen LogP contribution in [0, 0.1) is 5.82 Å². The number of pyridine rings is 1. The van der Waals surface area contributed by atoms with Crippen LogP contribution in [0.2, 0.25) is 5.02 Å². The zero-order valence-corrected chi connectivity index (χ0v) is 19.6. The van der Waals surface area contributed by atoms with Crippen LogP contribution in [0.3, 0.4) is 0 Å². The van der Waals surface area contributed by atoms with Crippen LogP contribution in [0.25, 0.3) is 22.0 Å². The summed E-state index contributed by atoms with van der Waals surface area (Å²) in [6, 6.07) is 8.05. The first-order valence-corrected chi connectivity index (χ1v) is 11.5. The summed E-state index contributed by atoms with van der Waals surface area (Å²) in [7, 11) is 0. The molecule has 0 saturated carbocycles. The van der Waals surface area contributed by atoms with Gasteiger partial charge in [0, 0.05) is 37.8 Å². The summed E-state index contributed by atoms with van der Waals surface area (Å²) in [6.07, 6.45) is 4.89. The first-order valence-electron chi connectivity index (χ1n) is 11.1. The Labute approximate surface area is 205 Å². The van der Waals surface area contributed by atoms with Crippen molar-refractivity contribution in [3.05, 3.63) is 65.3 Å². The third-order valence-electron chi connectivity index (χ3n) is 5.90. The molecule has 2 aromatic heterocycles. The number of hydrogen-bond acceptors (Lipinski definition) is 8. The van der Waals surface area contributed by atoms with Gasteiger partial charge in [-0.15, -0.1) is 0 Å². The van der Waals surface area contributed by atoms with E-state index >= 15 is 0 Å². The van der Waals surface area contributed by atoms with E-state index < -0.39 is 11.6 Å². The lowest BCUT2D eigenvalue weighted by Crippen LogP contribution is -2.44. The van der Waals surface area contributed by atoms with E-state index in [2.05, 4.69) is 30.5 Å². The Hall–Kier alpha value is -3.82. The number of phenolic OH excluding ortho intramolecular Hbond substituents is 1. The van der Waals surface area contributed by atoms with Crippen LogP contribution in [0.5, 0.6) is 5.75 Å². The maximum Gasteiger partial charge on any atom is 0.225 e. The highest BCUT2D eigenvalue weighted by molar-refractivity contribution is 6.32. The number of fused-ring (bicyclic) bond motifs is 1. The Morgan fingerprint density at radius 3 is 2.51 bits per heavy atom. The minimum Gasteiger partial charge on any atom is -0.504 e. The fourth-order valence-corrected chi connectivity index (χ4v) is 4.27. The Balaban J connectivity index is 1.56. The summed E-state index contributed by atoms with van der Waals surface area (Å²) >= 11 is 5.98. The number of benzene rings is 2. The van der Waals surface area contributed by atoms with E-state index in [1.807, 2.05) is 0 Å². The van der Waals surface area contributed by atoms with E-state index in [-0.39, 0.29) is 10.8 Å². The van der Waals surface area contributed by atoms with Gasteiger partial charge in [-0.2, -0.15) is 0 Å². The molecule has 0 unspecified atom stereocenters. The average Bonchev–Trinajstić information content (AvgIpc) is 2.87. The minimum absolute atomic E-state index is 0.0872. The smallest absolute Gasteiger partial charge is 0.225 e. The van der Waals surface area contributed by atoms with Gasteiger partial charge in [-0.05, 0) is 42.3 Å². The van der Waals surface area contributed by atoms with Crippen LogP contribution >= 0.6 is 11.6 Å². The molecule has 0 spiro atoms. The number of rotatable bonds is 5. The molecule has 8 nitrogen and oxygen atoms in total. The van der Waals surface area contributed by atoms with Crippen molar-refractivity contribution in [3.8, 4) is 16.9 Å². The summed E-state index contributed by atoms with van der Waals surface area (Å²) in [5, 5.41) is 16.8. The minimum atomic E-state index is -0.816. The van der Waals surface area contributed by atoms with Crippen molar-refractivity contribution in [2.45, 2.75) is 6.92 Å². The number of ketones is 1. The standard InChI is InChI=1S/C25H22ClFN6O2/c1-14(34)19-13-29-22-3-2-15(16-9-20(26)24(35)21(27)10-16)8-18(22)23(19)32-17-11-30-25(31-12-17)33-6-4-28-5-7-33/h2-3,8-13,28,35H,4-7H2,1H3,(H,29,32). The number of aromatic hydroxyl groups is 1. The molecule has 2 aromatic carbocycles.